The van der Waals surface area contributed by atoms with Gasteiger partial charge < -0.3 is 0 Å². The van der Waals surface area contributed by atoms with E-state index in [-0.39, 0.29) is 11.1 Å². The van der Waals surface area contributed by atoms with Crippen LogP contribution in [-0.2, 0) is 6.54 Å². The number of aromatic nitrogens is 5. The van der Waals surface area contributed by atoms with Crippen LogP contribution in [0.5, 0.6) is 0 Å². The Kier molecular flexibility index (Phi) is 1.73. The first-order valence-electron chi connectivity index (χ1n) is 3.77. The number of aromatic amines is 2. The van der Waals surface area contributed by atoms with Crippen molar-refractivity contribution < 1.29 is 0 Å². The average Bonchev–Trinajstić information content (AvgIpc) is 2.53. The van der Waals surface area contributed by atoms with Crippen molar-refractivity contribution in [3.05, 3.63) is 15.1 Å². The van der Waals surface area contributed by atoms with Crippen LogP contribution < -0.4 is 5.56 Å². The van der Waals surface area contributed by atoms with Crippen LogP contribution in [0.2, 0.25) is 0 Å². The van der Waals surface area contributed by atoms with Gasteiger partial charge in [0.1, 0.15) is 0 Å². The number of nitrogens with zero attached hydrogens (tertiary/aromatic N) is 3. The van der Waals surface area contributed by atoms with Gasteiger partial charge >= 0.3 is 0 Å². The van der Waals surface area contributed by atoms with Crippen LogP contribution in [0.15, 0.2) is 4.79 Å². The van der Waals surface area contributed by atoms with E-state index in [1.165, 1.54) is 0 Å². The molecule has 0 bridgehead atoms. The van der Waals surface area contributed by atoms with Crippen LogP contribution in [0, 0.1) is 4.77 Å². The second-order valence-corrected chi connectivity index (χ2v) is 2.89. The Morgan fingerprint density at radius 3 is 3.00 bits per heavy atom. The summed E-state index contributed by atoms with van der Waals surface area (Å²) >= 11 is 4.96. The number of fused-ring (bicyclic) bond motifs is 1. The van der Waals surface area contributed by atoms with Crippen molar-refractivity contribution >= 4 is 23.4 Å². The van der Waals surface area contributed by atoms with Crippen LogP contribution in [0.4, 0.5) is 0 Å². The highest BCUT2D eigenvalue weighted by Gasteiger charge is 2.06. The van der Waals surface area contributed by atoms with E-state index in [0.717, 1.165) is 0 Å². The van der Waals surface area contributed by atoms with E-state index in [1.54, 1.807) is 4.57 Å². The summed E-state index contributed by atoms with van der Waals surface area (Å²) in [4.78, 5) is 13.8. The lowest BCUT2D eigenvalue weighted by molar-refractivity contribution is 0.738. The van der Waals surface area contributed by atoms with Gasteiger partial charge in [0.2, 0.25) is 0 Å². The molecule has 0 amide bonds. The highest BCUT2D eigenvalue weighted by atomic mass is 32.1. The molecule has 2 aromatic heterocycles. The van der Waals surface area contributed by atoms with E-state index >= 15 is 0 Å². The standard InChI is InChI=1S/C6H7N5OS/c1-2-11-4-3(8-10-9-4)5(12)7-6(11)13/h2H2,1H3,(H,7,12,13)(H,8,9,10). The van der Waals surface area contributed by atoms with Gasteiger partial charge in [-0.2, -0.15) is 5.21 Å². The molecule has 6 nitrogen and oxygen atoms in total. The zero-order valence-electron chi connectivity index (χ0n) is 6.87. The first-order valence-corrected chi connectivity index (χ1v) is 4.18. The molecular formula is C6H7N5OS. The Morgan fingerprint density at radius 1 is 1.54 bits per heavy atom. The van der Waals surface area contributed by atoms with E-state index in [9.17, 15) is 4.79 Å². The number of rotatable bonds is 1. The average molecular weight is 197 g/mol. The molecule has 2 N–H and O–H groups in total. The van der Waals surface area contributed by atoms with Crippen molar-refractivity contribution in [3.63, 3.8) is 0 Å². The lowest BCUT2D eigenvalue weighted by atomic mass is 10.5. The highest BCUT2D eigenvalue weighted by molar-refractivity contribution is 7.71. The SMILES string of the molecule is CCn1c(=S)[nH]c(=O)c2n[nH]nc21. The molecule has 0 spiro atoms. The predicted molar refractivity (Wildman–Crippen MR) is 49.0 cm³/mol. The molecule has 0 unspecified atom stereocenters. The van der Waals surface area contributed by atoms with Gasteiger partial charge in [0.05, 0.1) is 0 Å². The van der Waals surface area contributed by atoms with Crippen molar-refractivity contribution in [1.82, 2.24) is 25.0 Å². The molecule has 13 heavy (non-hydrogen) atoms. The molecule has 0 fully saturated rings. The monoisotopic (exact) mass is 197 g/mol. The normalized spacial score (nSPS) is 10.8. The molecule has 0 aliphatic carbocycles. The van der Waals surface area contributed by atoms with Gasteiger partial charge in [-0.05, 0) is 19.1 Å². The fourth-order valence-electron chi connectivity index (χ4n) is 1.18. The molecule has 2 heterocycles. The smallest absolute Gasteiger partial charge is 0.281 e. The largest absolute Gasteiger partial charge is 0.300 e. The maximum Gasteiger partial charge on any atom is 0.281 e. The van der Waals surface area contributed by atoms with Gasteiger partial charge in [0, 0.05) is 6.54 Å². The topological polar surface area (TPSA) is 79.4 Å². The van der Waals surface area contributed by atoms with Crippen molar-refractivity contribution in [1.29, 1.82) is 0 Å². The molecule has 0 saturated heterocycles. The Hall–Kier alpha value is -1.50. The summed E-state index contributed by atoms with van der Waals surface area (Å²) in [5.41, 5.74) is 0.477. The number of aryl methyl sites for hydroxylation is 1. The van der Waals surface area contributed by atoms with Gasteiger partial charge in [-0.1, -0.05) is 0 Å². The number of hydrogen-bond donors (Lipinski definition) is 2. The van der Waals surface area contributed by atoms with Crippen LogP contribution in [0.25, 0.3) is 11.2 Å². The predicted octanol–water partition coefficient (Wildman–Crippen LogP) is 0.197. The van der Waals surface area contributed by atoms with Gasteiger partial charge in [0.25, 0.3) is 5.56 Å². The third-order valence-corrected chi connectivity index (χ3v) is 2.10. The maximum atomic E-state index is 11.3. The molecule has 7 heteroatoms. The van der Waals surface area contributed by atoms with E-state index in [0.29, 0.717) is 17.0 Å². The second kappa shape index (κ2) is 2.77. The number of hydrogen-bond acceptors (Lipinski definition) is 4. The first-order chi connectivity index (χ1) is 6.24. The molecular weight excluding hydrogens is 190 g/mol. The molecule has 0 aliphatic rings. The molecule has 0 atom stereocenters. The zero-order valence-corrected chi connectivity index (χ0v) is 7.68. The van der Waals surface area contributed by atoms with Crippen molar-refractivity contribution in [2.24, 2.45) is 0 Å². The Morgan fingerprint density at radius 2 is 2.31 bits per heavy atom. The Labute approximate surface area is 77.6 Å². The minimum atomic E-state index is -0.307. The lowest BCUT2D eigenvalue weighted by Crippen LogP contribution is -2.13. The van der Waals surface area contributed by atoms with E-state index in [4.69, 9.17) is 12.2 Å². The maximum absolute atomic E-state index is 11.3. The van der Waals surface area contributed by atoms with Crippen molar-refractivity contribution in [2.75, 3.05) is 0 Å². The molecule has 0 aliphatic heterocycles. The summed E-state index contributed by atoms with van der Waals surface area (Å²) in [7, 11) is 0. The van der Waals surface area contributed by atoms with E-state index < -0.39 is 0 Å². The minimum absolute atomic E-state index is 0.287. The van der Waals surface area contributed by atoms with Crippen LogP contribution in [0.3, 0.4) is 0 Å². The fourth-order valence-corrected chi connectivity index (χ4v) is 1.49. The summed E-state index contributed by atoms with van der Waals surface area (Å²) in [6.45, 7) is 2.57. The summed E-state index contributed by atoms with van der Waals surface area (Å²) in [5, 5.41) is 9.97. The van der Waals surface area contributed by atoms with E-state index in [2.05, 4.69) is 20.4 Å². The highest BCUT2D eigenvalue weighted by Crippen LogP contribution is 2.01. The van der Waals surface area contributed by atoms with Gasteiger partial charge in [0.15, 0.2) is 15.9 Å². The lowest BCUT2D eigenvalue weighted by Gasteiger charge is -2.00. The number of nitrogens with one attached hydrogen (secondary N) is 2. The van der Waals surface area contributed by atoms with Crippen LogP contribution in [-0.4, -0.2) is 25.0 Å². The van der Waals surface area contributed by atoms with Crippen molar-refractivity contribution in [2.45, 2.75) is 13.5 Å². The molecule has 0 saturated carbocycles. The Bertz CT molecular complexity index is 550. The summed E-state index contributed by atoms with van der Waals surface area (Å²) in [6, 6.07) is 0. The molecule has 0 aromatic carbocycles. The van der Waals surface area contributed by atoms with Crippen molar-refractivity contribution in [3.8, 4) is 0 Å². The van der Waals surface area contributed by atoms with Crippen LogP contribution in [0.1, 0.15) is 6.92 Å². The Balaban J connectivity index is 3.06. The first kappa shape index (κ1) is 8.11. The third kappa shape index (κ3) is 1.08. The van der Waals surface area contributed by atoms with Crippen LogP contribution >= 0.6 is 12.2 Å². The molecule has 2 rings (SSSR count). The van der Waals surface area contributed by atoms with Gasteiger partial charge in [-0.3, -0.25) is 14.3 Å². The number of H-pyrrole nitrogens is 2. The van der Waals surface area contributed by atoms with E-state index in [1.807, 2.05) is 6.92 Å². The van der Waals surface area contributed by atoms with Gasteiger partial charge in [-0.25, -0.2) is 0 Å². The third-order valence-electron chi connectivity index (χ3n) is 1.78. The zero-order chi connectivity index (χ0) is 9.42. The summed E-state index contributed by atoms with van der Waals surface area (Å²) in [6.07, 6.45) is 0. The second-order valence-electron chi connectivity index (χ2n) is 2.50. The fraction of sp³-hybridized carbons (Fsp3) is 0.333. The molecule has 68 valence electrons. The summed E-state index contributed by atoms with van der Waals surface area (Å²) in [5.74, 6) is 0. The summed E-state index contributed by atoms with van der Waals surface area (Å²) < 4.78 is 2.07. The minimum Gasteiger partial charge on any atom is -0.300 e. The van der Waals surface area contributed by atoms with Gasteiger partial charge in [-0.15, -0.1) is 10.2 Å². The molecule has 0 radical (unpaired) electrons. The quantitative estimate of drug-likeness (QED) is 0.640. The molecule has 2 aromatic rings.